The van der Waals surface area contributed by atoms with E-state index in [0.717, 1.165) is 54.9 Å². The van der Waals surface area contributed by atoms with Gasteiger partial charge in [0.05, 0.1) is 24.4 Å². The fraction of sp³-hybridized carbons (Fsp3) is 0.381. The summed E-state index contributed by atoms with van der Waals surface area (Å²) < 4.78 is 12.2. The SMILES string of the molecule is COc1ccc(OC)c(CN2CCN(c3nc4c(C)cccc4s3)CC2)c1. The molecule has 1 aromatic heterocycles. The molecule has 5 nitrogen and oxygen atoms in total. The quantitative estimate of drug-likeness (QED) is 0.667. The van der Waals surface area contributed by atoms with Gasteiger partial charge in [0.25, 0.3) is 0 Å². The first-order valence-corrected chi connectivity index (χ1v) is 10.0. The van der Waals surface area contributed by atoms with Gasteiger partial charge in [0.2, 0.25) is 0 Å². The highest BCUT2D eigenvalue weighted by Crippen LogP contribution is 2.31. The second kappa shape index (κ2) is 7.74. The highest BCUT2D eigenvalue weighted by molar-refractivity contribution is 7.22. The molecule has 0 N–H and O–H groups in total. The van der Waals surface area contributed by atoms with Crippen LogP contribution in [-0.2, 0) is 6.54 Å². The number of para-hydroxylation sites is 1. The Morgan fingerprint density at radius 3 is 2.56 bits per heavy atom. The minimum Gasteiger partial charge on any atom is -0.497 e. The fourth-order valence-electron chi connectivity index (χ4n) is 3.55. The highest BCUT2D eigenvalue weighted by atomic mass is 32.1. The molecule has 1 aliphatic rings. The third-order valence-electron chi connectivity index (χ3n) is 5.13. The third-order valence-corrected chi connectivity index (χ3v) is 6.22. The Labute approximate surface area is 164 Å². The number of anilines is 1. The number of nitrogens with zero attached hydrogens (tertiary/aromatic N) is 3. The average Bonchev–Trinajstić information content (AvgIpc) is 3.14. The number of rotatable bonds is 5. The van der Waals surface area contributed by atoms with Crippen LogP contribution in [0.5, 0.6) is 11.5 Å². The Kier molecular flexibility index (Phi) is 5.18. The number of ether oxygens (including phenoxy) is 2. The average molecular weight is 384 g/mol. The summed E-state index contributed by atoms with van der Waals surface area (Å²) >= 11 is 1.79. The van der Waals surface area contributed by atoms with Crippen molar-refractivity contribution in [3.8, 4) is 11.5 Å². The van der Waals surface area contributed by atoms with Gasteiger partial charge in [0.15, 0.2) is 5.13 Å². The Hall–Kier alpha value is -2.31. The number of aromatic nitrogens is 1. The zero-order valence-electron chi connectivity index (χ0n) is 16.1. The minimum atomic E-state index is 0.868. The molecule has 1 saturated heterocycles. The van der Waals surface area contributed by atoms with Crippen LogP contribution in [0, 0.1) is 6.92 Å². The molecule has 0 aliphatic carbocycles. The number of benzene rings is 2. The normalized spacial score (nSPS) is 15.3. The second-order valence-corrected chi connectivity index (χ2v) is 7.87. The molecule has 1 fully saturated rings. The molecule has 2 heterocycles. The van der Waals surface area contributed by atoms with Crippen LogP contribution in [0.25, 0.3) is 10.2 Å². The number of aryl methyl sites for hydroxylation is 1. The van der Waals surface area contributed by atoms with Crippen molar-refractivity contribution in [2.24, 2.45) is 0 Å². The Morgan fingerprint density at radius 2 is 1.85 bits per heavy atom. The van der Waals surface area contributed by atoms with Gasteiger partial charge in [0, 0.05) is 38.3 Å². The van der Waals surface area contributed by atoms with E-state index in [-0.39, 0.29) is 0 Å². The van der Waals surface area contributed by atoms with E-state index in [9.17, 15) is 0 Å². The summed E-state index contributed by atoms with van der Waals surface area (Å²) in [5.74, 6) is 1.79. The van der Waals surface area contributed by atoms with Gasteiger partial charge in [-0.25, -0.2) is 4.98 Å². The van der Waals surface area contributed by atoms with E-state index < -0.39 is 0 Å². The summed E-state index contributed by atoms with van der Waals surface area (Å²) in [5.41, 5.74) is 3.56. The number of thiazole rings is 1. The van der Waals surface area contributed by atoms with E-state index in [1.165, 1.54) is 15.8 Å². The van der Waals surface area contributed by atoms with Crippen molar-refractivity contribution in [3.05, 3.63) is 47.5 Å². The molecule has 0 atom stereocenters. The number of hydrogen-bond acceptors (Lipinski definition) is 6. The van der Waals surface area contributed by atoms with E-state index in [2.05, 4.69) is 41.0 Å². The molecule has 2 aromatic carbocycles. The Balaban J connectivity index is 1.43. The third kappa shape index (κ3) is 3.73. The van der Waals surface area contributed by atoms with Crippen LogP contribution in [0.3, 0.4) is 0 Å². The number of piperazine rings is 1. The minimum absolute atomic E-state index is 0.868. The predicted molar refractivity (Wildman–Crippen MR) is 111 cm³/mol. The van der Waals surface area contributed by atoms with Gasteiger partial charge < -0.3 is 14.4 Å². The Bertz CT molecular complexity index is 932. The van der Waals surface area contributed by atoms with Gasteiger partial charge in [-0.15, -0.1) is 0 Å². The van der Waals surface area contributed by atoms with E-state index in [1.807, 2.05) is 12.1 Å². The zero-order valence-corrected chi connectivity index (χ0v) is 16.9. The van der Waals surface area contributed by atoms with Crippen molar-refractivity contribution < 1.29 is 9.47 Å². The number of hydrogen-bond donors (Lipinski definition) is 0. The molecule has 142 valence electrons. The van der Waals surface area contributed by atoms with Gasteiger partial charge in [-0.3, -0.25) is 4.90 Å². The molecule has 1 aliphatic heterocycles. The molecule has 0 bridgehead atoms. The monoisotopic (exact) mass is 383 g/mol. The first kappa shape index (κ1) is 18.1. The zero-order chi connectivity index (χ0) is 18.8. The summed E-state index contributed by atoms with van der Waals surface area (Å²) in [4.78, 5) is 9.76. The number of fused-ring (bicyclic) bond motifs is 1. The van der Waals surface area contributed by atoms with Crippen molar-refractivity contribution in [1.29, 1.82) is 0 Å². The smallest absolute Gasteiger partial charge is 0.186 e. The predicted octanol–water partition coefficient (Wildman–Crippen LogP) is 3.94. The van der Waals surface area contributed by atoms with E-state index in [0.29, 0.717) is 0 Å². The maximum Gasteiger partial charge on any atom is 0.186 e. The topological polar surface area (TPSA) is 37.8 Å². The van der Waals surface area contributed by atoms with Crippen molar-refractivity contribution in [2.45, 2.75) is 13.5 Å². The van der Waals surface area contributed by atoms with E-state index in [1.54, 1.807) is 25.6 Å². The molecule has 0 amide bonds. The first-order chi connectivity index (χ1) is 13.2. The van der Waals surface area contributed by atoms with Gasteiger partial charge in [-0.2, -0.15) is 0 Å². The molecule has 27 heavy (non-hydrogen) atoms. The molecule has 6 heteroatoms. The first-order valence-electron chi connectivity index (χ1n) is 9.22. The van der Waals surface area contributed by atoms with Gasteiger partial charge in [0.1, 0.15) is 11.5 Å². The molecular formula is C21H25N3O2S. The lowest BCUT2D eigenvalue weighted by atomic mass is 10.1. The van der Waals surface area contributed by atoms with Gasteiger partial charge >= 0.3 is 0 Å². The molecule has 4 rings (SSSR count). The molecule has 0 radical (unpaired) electrons. The summed E-state index contributed by atoms with van der Waals surface area (Å²) in [5, 5.41) is 1.14. The molecule has 3 aromatic rings. The van der Waals surface area contributed by atoms with Crippen LogP contribution < -0.4 is 14.4 Å². The number of methoxy groups -OCH3 is 2. The van der Waals surface area contributed by atoms with Crippen LogP contribution in [-0.4, -0.2) is 50.3 Å². The maximum atomic E-state index is 5.52. The second-order valence-electron chi connectivity index (χ2n) is 6.86. The van der Waals surface area contributed by atoms with Crippen LogP contribution in [0.1, 0.15) is 11.1 Å². The largest absolute Gasteiger partial charge is 0.497 e. The van der Waals surface area contributed by atoms with Crippen molar-refractivity contribution in [2.75, 3.05) is 45.3 Å². The van der Waals surface area contributed by atoms with Crippen LogP contribution in [0.2, 0.25) is 0 Å². The van der Waals surface area contributed by atoms with Crippen molar-refractivity contribution >= 4 is 26.7 Å². The van der Waals surface area contributed by atoms with Gasteiger partial charge in [-0.1, -0.05) is 23.5 Å². The fourth-order valence-corrected chi connectivity index (χ4v) is 4.65. The van der Waals surface area contributed by atoms with Crippen molar-refractivity contribution in [3.63, 3.8) is 0 Å². The van der Waals surface area contributed by atoms with Crippen LogP contribution in [0.4, 0.5) is 5.13 Å². The van der Waals surface area contributed by atoms with Crippen LogP contribution in [0.15, 0.2) is 36.4 Å². The lowest BCUT2D eigenvalue weighted by Gasteiger charge is -2.34. The lowest BCUT2D eigenvalue weighted by Crippen LogP contribution is -2.46. The van der Waals surface area contributed by atoms with Gasteiger partial charge in [-0.05, 0) is 36.8 Å². The molecular weight excluding hydrogens is 358 g/mol. The van der Waals surface area contributed by atoms with Crippen LogP contribution >= 0.6 is 11.3 Å². The summed E-state index contributed by atoms with van der Waals surface area (Å²) in [6.45, 7) is 7.00. The summed E-state index contributed by atoms with van der Waals surface area (Å²) in [7, 11) is 3.42. The molecule has 0 spiro atoms. The standard InChI is InChI=1S/C21H25N3O2S/c1-15-5-4-6-19-20(15)22-21(27-19)24-11-9-23(10-12-24)14-16-13-17(25-2)7-8-18(16)26-3/h4-8,13H,9-12,14H2,1-3H3. The Morgan fingerprint density at radius 1 is 1.04 bits per heavy atom. The molecule has 0 saturated carbocycles. The van der Waals surface area contributed by atoms with E-state index in [4.69, 9.17) is 14.5 Å². The van der Waals surface area contributed by atoms with Crippen molar-refractivity contribution in [1.82, 2.24) is 9.88 Å². The van der Waals surface area contributed by atoms with E-state index >= 15 is 0 Å². The summed E-state index contributed by atoms with van der Waals surface area (Å²) in [6.07, 6.45) is 0. The maximum absolute atomic E-state index is 5.52. The highest BCUT2D eigenvalue weighted by Gasteiger charge is 2.21. The molecule has 0 unspecified atom stereocenters. The lowest BCUT2D eigenvalue weighted by molar-refractivity contribution is 0.245. The summed E-state index contributed by atoms with van der Waals surface area (Å²) in [6, 6.07) is 12.4.